The Balaban J connectivity index is 2.02. The van der Waals surface area contributed by atoms with Gasteiger partial charge in [-0.05, 0) is 35.3 Å². The van der Waals surface area contributed by atoms with Crippen molar-refractivity contribution in [2.24, 2.45) is 16.7 Å². The first-order valence-corrected chi connectivity index (χ1v) is 8.20. The predicted molar refractivity (Wildman–Crippen MR) is 87.7 cm³/mol. The van der Waals surface area contributed by atoms with Gasteiger partial charge in [0.15, 0.2) is 5.65 Å². The van der Waals surface area contributed by atoms with Crippen LogP contribution in [0.15, 0.2) is 12.3 Å². The fourth-order valence-corrected chi connectivity index (χ4v) is 3.77. The first-order chi connectivity index (χ1) is 9.79. The minimum Gasteiger partial charge on any atom is -0.312 e. The standard InChI is InChI=1S/C17H24ClN3/c1-11-8-12-15(19-9-11)21(14(20-12)6-7-18)10-13-16(2,3)17(13,4)5/h8-9,13H,6-7,10H2,1-5H3. The van der Waals surface area contributed by atoms with Gasteiger partial charge in [0.2, 0.25) is 0 Å². The Kier molecular flexibility index (Phi) is 3.32. The molecule has 1 aliphatic rings. The molecule has 2 aromatic rings. The van der Waals surface area contributed by atoms with Crippen LogP contribution >= 0.6 is 11.6 Å². The van der Waals surface area contributed by atoms with Crippen molar-refractivity contribution >= 4 is 22.8 Å². The summed E-state index contributed by atoms with van der Waals surface area (Å²) in [5.74, 6) is 2.32. The van der Waals surface area contributed by atoms with E-state index in [2.05, 4.69) is 50.2 Å². The van der Waals surface area contributed by atoms with Gasteiger partial charge >= 0.3 is 0 Å². The smallest absolute Gasteiger partial charge is 0.160 e. The Labute approximate surface area is 131 Å². The molecule has 1 saturated carbocycles. The molecule has 0 radical (unpaired) electrons. The predicted octanol–water partition coefficient (Wildman–Crippen LogP) is 4.20. The molecule has 0 atom stereocenters. The van der Waals surface area contributed by atoms with Gasteiger partial charge in [-0.2, -0.15) is 0 Å². The van der Waals surface area contributed by atoms with Crippen molar-refractivity contribution in [3.05, 3.63) is 23.7 Å². The number of imidazole rings is 1. The van der Waals surface area contributed by atoms with Crippen LogP contribution in [0.25, 0.3) is 11.2 Å². The molecule has 0 amide bonds. The molecule has 0 aromatic carbocycles. The lowest BCUT2D eigenvalue weighted by Crippen LogP contribution is -2.10. The maximum atomic E-state index is 5.96. The van der Waals surface area contributed by atoms with E-state index >= 15 is 0 Å². The summed E-state index contributed by atoms with van der Waals surface area (Å²) in [4.78, 5) is 9.37. The molecule has 4 heteroatoms. The van der Waals surface area contributed by atoms with E-state index in [4.69, 9.17) is 16.6 Å². The first kappa shape index (κ1) is 14.8. The summed E-state index contributed by atoms with van der Waals surface area (Å²) < 4.78 is 2.29. The number of fused-ring (bicyclic) bond motifs is 1. The number of halogens is 1. The number of aryl methyl sites for hydroxylation is 2. The number of pyridine rings is 1. The molecule has 0 spiro atoms. The molecular formula is C17H24ClN3. The maximum absolute atomic E-state index is 5.96. The van der Waals surface area contributed by atoms with E-state index in [9.17, 15) is 0 Å². The highest BCUT2D eigenvalue weighted by atomic mass is 35.5. The lowest BCUT2D eigenvalue weighted by molar-refractivity contribution is 0.457. The van der Waals surface area contributed by atoms with Crippen molar-refractivity contribution < 1.29 is 0 Å². The molecule has 21 heavy (non-hydrogen) atoms. The number of hydrogen-bond donors (Lipinski definition) is 0. The van der Waals surface area contributed by atoms with Gasteiger partial charge in [-0.1, -0.05) is 27.7 Å². The monoisotopic (exact) mass is 305 g/mol. The second-order valence-electron chi connectivity index (χ2n) is 7.43. The normalized spacial score (nSPS) is 20.1. The van der Waals surface area contributed by atoms with Crippen LogP contribution in [-0.2, 0) is 13.0 Å². The maximum Gasteiger partial charge on any atom is 0.160 e. The Morgan fingerprint density at radius 1 is 1.24 bits per heavy atom. The van der Waals surface area contributed by atoms with Crippen LogP contribution < -0.4 is 0 Å². The third kappa shape index (κ3) is 2.17. The molecule has 1 aliphatic carbocycles. The van der Waals surface area contributed by atoms with Crippen LogP contribution in [0.1, 0.15) is 39.1 Å². The third-order valence-electron chi connectivity index (χ3n) is 5.80. The van der Waals surface area contributed by atoms with E-state index in [0.717, 1.165) is 35.5 Å². The summed E-state index contributed by atoms with van der Waals surface area (Å²) in [6.45, 7) is 12.5. The summed E-state index contributed by atoms with van der Waals surface area (Å²) in [6, 6.07) is 2.11. The first-order valence-electron chi connectivity index (χ1n) is 7.66. The molecule has 0 aliphatic heterocycles. The minimum absolute atomic E-state index is 0.368. The summed E-state index contributed by atoms with van der Waals surface area (Å²) in [6.07, 6.45) is 2.72. The minimum atomic E-state index is 0.368. The SMILES string of the molecule is Cc1cnc2c(c1)nc(CCCl)n2CC1C(C)(C)C1(C)C. The van der Waals surface area contributed by atoms with Crippen LogP contribution in [-0.4, -0.2) is 20.4 Å². The highest BCUT2D eigenvalue weighted by Crippen LogP contribution is 2.69. The largest absolute Gasteiger partial charge is 0.312 e. The topological polar surface area (TPSA) is 30.7 Å². The van der Waals surface area contributed by atoms with E-state index in [1.807, 2.05) is 6.20 Å². The fraction of sp³-hybridized carbons (Fsp3) is 0.647. The molecule has 0 unspecified atom stereocenters. The molecular weight excluding hydrogens is 282 g/mol. The van der Waals surface area contributed by atoms with Gasteiger partial charge in [0, 0.05) is 25.0 Å². The highest BCUT2D eigenvalue weighted by Gasteiger charge is 2.64. The molecule has 0 saturated heterocycles. The molecule has 2 heterocycles. The van der Waals surface area contributed by atoms with Gasteiger partial charge in [0.05, 0.1) is 0 Å². The average molecular weight is 306 g/mol. The van der Waals surface area contributed by atoms with Crippen LogP contribution in [0.3, 0.4) is 0 Å². The summed E-state index contributed by atoms with van der Waals surface area (Å²) in [5, 5.41) is 0. The highest BCUT2D eigenvalue weighted by molar-refractivity contribution is 6.17. The molecule has 3 nitrogen and oxygen atoms in total. The summed E-state index contributed by atoms with van der Waals surface area (Å²) in [5.41, 5.74) is 3.88. The summed E-state index contributed by atoms with van der Waals surface area (Å²) in [7, 11) is 0. The zero-order valence-corrected chi connectivity index (χ0v) is 14.3. The number of aromatic nitrogens is 3. The second kappa shape index (κ2) is 4.70. The zero-order valence-electron chi connectivity index (χ0n) is 13.6. The van der Waals surface area contributed by atoms with E-state index in [0.29, 0.717) is 22.6 Å². The van der Waals surface area contributed by atoms with Gasteiger partial charge in [-0.3, -0.25) is 0 Å². The average Bonchev–Trinajstić information content (AvgIpc) is 2.68. The van der Waals surface area contributed by atoms with Crippen LogP contribution in [0.2, 0.25) is 0 Å². The van der Waals surface area contributed by atoms with Crippen LogP contribution in [0, 0.1) is 23.7 Å². The Morgan fingerprint density at radius 2 is 1.90 bits per heavy atom. The van der Waals surface area contributed by atoms with Gasteiger partial charge in [-0.25, -0.2) is 9.97 Å². The van der Waals surface area contributed by atoms with Gasteiger partial charge in [0.25, 0.3) is 0 Å². The Hall–Kier alpha value is -1.09. The van der Waals surface area contributed by atoms with Crippen molar-refractivity contribution in [2.75, 3.05) is 5.88 Å². The van der Waals surface area contributed by atoms with Crippen molar-refractivity contribution in [3.8, 4) is 0 Å². The number of hydrogen-bond acceptors (Lipinski definition) is 2. The summed E-state index contributed by atoms with van der Waals surface area (Å²) >= 11 is 5.96. The number of rotatable bonds is 4. The fourth-order valence-electron chi connectivity index (χ4n) is 3.60. The van der Waals surface area contributed by atoms with E-state index < -0.39 is 0 Å². The van der Waals surface area contributed by atoms with E-state index in [1.165, 1.54) is 0 Å². The quantitative estimate of drug-likeness (QED) is 0.792. The zero-order chi connectivity index (χ0) is 15.4. The van der Waals surface area contributed by atoms with Gasteiger partial charge < -0.3 is 4.57 Å². The van der Waals surface area contributed by atoms with Crippen LogP contribution in [0.5, 0.6) is 0 Å². The van der Waals surface area contributed by atoms with E-state index in [1.54, 1.807) is 0 Å². The van der Waals surface area contributed by atoms with Crippen molar-refractivity contribution in [1.29, 1.82) is 0 Å². The Bertz CT molecular complexity index is 671. The van der Waals surface area contributed by atoms with E-state index in [-0.39, 0.29) is 0 Å². The van der Waals surface area contributed by atoms with Crippen molar-refractivity contribution in [1.82, 2.24) is 14.5 Å². The molecule has 2 aromatic heterocycles. The van der Waals surface area contributed by atoms with Gasteiger partial charge in [-0.15, -0.1) is 11.6 Å². The van der Waals surface area contributed by atoms with Gasteiger partial charge in [0.1, 0.15) is 11.3 Å². The molecule has 114 valence electrons. The number of nitrogens with zero attached hydrogens (tertiary/aromatic N) is 3. The van der Waals surface area contributed by atoms with Crippen LogP contribution in [0.4, 0.5) is 0 Å². The third-order valence-corrected chi connectivity index (χ3v) is 5.99. The lowest BCUT2D eigenvalue weighted by Gasteiger charge is -2.09. The molecule has 3 rings (SSSR count). The Morgan fingerprint density at radius 3 is 2.48 bits per heavy atom. The second-order valence-corrected chi connectivity index (χ2v) is 7.81. The molecule has 0 N–H and O–H groups in total. The molecule has 1 fully saturated rings. The number of alkyl halides is 1. The van der Waals surface area contributed by atoms with Crippen molar-refractivity contribution in [2.45, 2.75) is 47.6 Å². The molecule has 0 bridgehead atoms. The lowest BCUT2D eigenvalue weighted by atomic mass is 10.0. The van der Waals surface area contributed by atoms with Crippen molar-refractivity contribution in [3.63, 3.8) is 0 Å².